The summed E-state index contributed by atoms with van der Waals surface area (Å²) < 4.78 is 26.2. The van der Waals surface area contributed by atoms with Gasteiger partial charge in [0.15, 0.2) is 11.5 Å². The smallest absolute Gasteiger partial charge is 0.346 e. The van der Waals surface area contributed by atoms with Crippen LogP contribution in [0.1, 0.15) is 4.88 Å². The lowest BCUT2D eigenvalue weighted by atomic mass is 10.1. The van der Waals surface area contributed by atoms with Crippen molar-refractivity contribution in [1.82, 2.24) is 14.3 Å². The monoisotopic (exact) mass is 402 g/mol. The molecule has 1 aliphatic heterocycles. The molecule has 2 N–H and O–H groups in total. The Balaban J connectivity index is 1.43. The van der Waals surface area contributed by atoms with Crippen LogP contribution in [-0.2, 0) is 19.5 Å². The van der Waals surface area contributed by atoms with Gasteiger partial charge in [0.05, 0.1) is 12.9 Å². The van der Waals surface area contributed by atoms with Gasteiger partial charge in [0, 0.05) is 22.8 Å². The van der Waals surface area contributed by atoms with Gasteiger partial charge in [-0.1, -0.05) is 0 Å². The number of hydrogen-bond acceptors (Lipinski definition) is 6. The van der Waals surface area contributed by atoms with E-state index in [9.17, 15) is 9.18 Å². The molecule has 1 aromatic carbocycles. The van der Waals surface area contributed by atoms with E-state index < -0.39 is 0 Å². The topological polar surface area (TPSA) is 84.3 Å². The molecule has 7 nitrogen and oxygen atoms in total. The summed E-state index contributed by atoms with van der Waals surface area (Å²) in [5.41, 5.74) is 6.54. The first-order valence-corrected chi connectivity index (χ1v) is 9.59. The molecule has 0 aliphatic carbocycles. The Morgan fingerprint density at radius 2 is 2.14 bits per heavy atom. The van der Waals surface area contributed by atoms with Crippen molar-refractivity contribution in [2.75, 3.05) is 13.3 Å². The van der Waals surface area contributed by atoms with Gasteiger partial charge in [-0.3, -0.25) is 4.57 Å². The van der Waals surface area contributed by atoms with Crippen LogP contribution in [0, 0.1) is 0 Å². The number of ether oxygens (including phenoxy) is 2. The van der Waals surface area contributed by atoms with Gasteiger partial charge in [-0.15, -0.1) is 11.3 Å². The van der Waals surface area contributed by atoms with E-state index in [0.717, 1.165) is 26.8 Å². The molecule has 2 aromatic heterocycles. The summed E-state index contributed by atoms with van der Waals surface area (Å²) in [6.45, 7) is 0.863. The number of benzene rings is 1. The normalized spacial score (nSPS) is 13.3. The van der Waals surface area contributed by atoms with Crippen molar-refractivity contribution in [1.29, 1.82) is 0 Å². The third-order valence-electron chi connectivity index (χ3n) is 4.48. The molecule has 0 saturated heterocycles. The standard InChI is InChI=1S/C19H19FN4O3S/c20-8-13(9-21)10-24-19(25)23(11-22-24)6-5-15-2-4-18(28-15)14-1-3-16-17(7-14)27-12-26-16/h1-4,7-8,11H,5-6,9-10,12,21H2/b13-8+. The lowest BCUT2D eigenvalue weighted by Gasteiger charge is -2.02. The average Bonchev–Trinajstić information content (AvgIpc) is 3.44. The summed E-state index contributed by atoms with van der Waals surface area (Å²) in [7, 11) is 0. The summed E-state index contributed by atoms with van der Waals surface area (Å²) in [5.74, 6) is 1.52. The Bertz CT molecular complexity index is 1070. The molecule has 0 fully saturated rings. The lowest BCUT2D eigenvalue weighted by molar-refractivity contribution is 0.174. The average molecular weight is 402 g/mol. The van der Waals surface area contributed by atoms with Crippen LogP contribution in [0.15, 0.2) is 53.4 Å². The van der Waals surface area contributed by atoms with E-state index in [2.05, 4.69) is 17.2 Å². The number of aryl methyl sites for hydroxylation is 2. The van der Waals surface area contributed by atoms with E-state index in [1.807, 2.05) is 18.2 Å². The Morgan fingerprint density at radius 3 is 2.96 bits per heavy atom. The number of halogens is 1. The molecule has 146 valence electrons. The van der Waals surface area contributed by atoms with E-state index in [1.165, 1.54) is 15.6 Å². The second-order valence-corrected chi connectivity index (χ2v) is 7.49. The van der Waals surface area contributed by atoms with Crippen LogP contribution in [0.5, 0.6) is 11.5 Å². The van der Waals surface area contributed by atoms with Crippen molar-refractivity contribution in [2.24, 2.45) is 5.73 Å². The molecule has 4 rings (SSSR count). The summed E-state index contributed by atoms with van der Waals surface area (Å²) >= 11 is 1.67. The number of fused-ring (bicyclic) bond motifs is 1. The van der Waals surface area contributed by atoms with E-state index in [1.54, 1.807) is 11.3 Å². The molecule has 1 aliphatic rings. The molecule has 3 heterocycles. The fourth-order valence-electron chi connectivity index (χ4n) is 2.92. The van der Waals surface area contributed by atoms with E-state index in [4.69, 9.17) is 15.2 Å². The van der Waals surface area contributed by atoms with Gasteiger partial charge < -0.3 is 15.2 Å². The van der Waals surface area contributed by atoms with Crippen LogP contribution in [-0.4, -0.2) is 27.7 Å². The molecule has 0 unspecified atom stereocenters. The third kappa shape index (κ3) is 3.71. The van der Waals surface area contributed by atoms with Crippen LogP contribution < -0.4 is 20.9 Å². The van der Waals surface area contributed by atoms with Crippen molar-refractivity contribution < 1.29 is 13.9 Å². The number of thiophene rings is 1. The maximum atomic E-state index is 12.7. The first-order valence-electron chi connectivity index (χ1n) is 8.77. The molecule has 9 heteroatoms. The number of nitrogens with two attached hydrogens (primary N) is 1. The minimum absolute atomic E-state index is 0.0492. The summed E-state index contributed by atoms with van der Waals surface area (Å²) in [5, 5.41) is 4.03. The van der Waals surface area contributed by atoms with Crippen molar-refractivity contribution in [3.63, 3.8) is 0 Å². The zero-order chi connectivity index (χ0) is 19.5. The number of nitrogens with zero attached hydrogens (tertiary/aromatic N) is 3. The van der Waals surface area contributed by atoms with Crippen LogP contribution in [0.3, 0.4) is 0 Å². The Kier molecular flexibility index (Phi) is 5.27. The van der Waals surface area contributed by atoms with Crippen LogP contribution in [0.25, 0.3) is 10.4 Å². The third-order valence-corrected chi connectivity index (χ3v) is 5.68. The van der Waals surface area contributed by atoms with Crippen LogP contribution in [0.2, 0.25) is 0 Å². The fraction of sp³-hybridized carbons (Fsp3) is 0.263. The van der Waals surface area contributed by atoms with Gasteiger partial charge >= 0.3 is 5.69 Å². The van der Waals surface area contributed by atoms with Gasteiger partial charge in [0.2, 0.25) is 6.79 Å². The minimum Gasteiger partial charge on any atom is -0.454 e. The molecule has 0 spiro atoms. The molecule has 0 amide bonds. The Labute approximate surface area is 164 Å². The highest BCUT2D eigenvalue weighted by atomic mass is 32.1. The first-order chi connectivity index (χ1) is 13.7. The highest BCUT2D eigenvalue weighted by Gasteiger charge is 2.15. The van der Waals surface area contributed by atoms with E-state index in [-0.39, 0.29) is 25.6 Å². The largest absolute Gasteiger partial charge is 0.454 e. The molecule has 0 bridgehead atoms. The first kappa shape index (κ1) is 18.5. The lowest BCUT2D eigenvalue weighted by Crippen LogP contribution is -2.27. The van der Waals surface area contributed by atoms with Gasteiger partial charge in [-0.05, 0) is 47.9 Å². The minimum atomic E-state index is -0.277. The SMILES string of the molecule is NC/C(=C\F)Cn1ncn(CCc2ccc(-c3ccc4c(c3)OCO4)s2)c1=O. The highest BCUT2D eigenvalue weighted by molar-refractivity contribution is 7.15. The highest BCUT2D eigenvalue weighted by Crippen LogP contribution is 2.38. The molecule has 0 saturated carbocycles. The van der Waals surface area contributed by atoms with Crippen molar-refractivity contribution in [3.05, 3.63) is 63.9 Å². The Hall–Kier alpha value is -2.91. The van der Waals surface area contributed by atoms with Crippen molar-refractivity contribution in [2.45, 2.75) is 19.5 Å². The summed E-state index contributed by atoms with van der Waals surface area (Å²) in [6, 6.07) is 10.00. The quantitative estimate of drug-likeness (QED) is 0.657. The number of aromatic nitrogens is 3. The predicted molar refractivity (Wildman–Crippen MR) is 104 cm³/mol. The van der Waals surface area contributed by atoms with Gasteiger partial charge in [0.25, 0.3) is 0 Å². The fourth-order valence-corrected chi connectivity index (χ4v) is 3.91. The van der Waals surface area contributed by atoms with Crippen molar-refractivity contribution >= 4 is 11.3 Å². The number of rotatable bonds is 7. The van der Waals surface area contributed by atoms with Crippen LogP contribution >= 0.6 is 11.3 Å². The van der Waals surface area contributed by atoms with Crippen molar-refractivity contribution in [3.8, 4) is 21.9 Å². The molecule has 0 radical (unpaired) electrons. The number of hydrogen-bond donors (Lipinski definition) is 1. The van der Waals surface area contributed by atoms with Gasteiger partial charge in [-0.2, -0.15) is 5.10 Å². The Morgan fingerprint density at radius 1 is 1.29 bits per heavy atom. The van der Waals surface area contributed by atoms with Crippen LogP contribution in [0.4, 0.5) is 4.39 Å². The van der Waals surface area contributed by atoms with E-state index in [0.29, 0.717) is 24.9 Å². The zero-order valence-electron chi connectivity index (χ0n) is 15.0. The second kappa shape index (κ2) is 7.99. The van der Waals surface area contributed by atoms with Gasteiger partial charge in [-0.25, -0.2) is 13.9 Å². The van der Waals surface area contributed by atoms with E-state index >= 15 is 0 Å². The summed E-state index contributed by atoms with van der Waals surface area (Å²) in [6.07, 6.45) is 2.60. The maximum absolute atomic E-state index is 12.7. The molecule has 3 aromatic rings. The van der Waals surface area contributed by atoms with Gasteiger partial charge in [0.1, 0.15) is 6.33 Å². The molecule has 0 atom stereocenters. The predicted octanol–water partition coefficient (Wildman–Crippen LogP) is 2.56. The molecular weight excluding hydrogens is 383 g/mol. The molecular formula is C19H19FN4O3S. The maximum Gasteiger partial charge on any atom is 0.346 e. The second-order valence-electron chi connectivity index (χ2n) is 6.32. The molecule has 28 heavy (non-hydrogen) atoms. The summed E-state index contributed by atoms with van der Waals surface area (Å²) in [4.78, 5) is 14.6. The zero-order valence-corrected chi connectivity index (χ0v) is 15.8.